The van der Waals surface area contributed by atoms with Crippen LogP contribution in [0.1, 0.15) is 12.8 Å². The van der Waals surface area contributed by atoms with E-state index in [1.807, 2.05) is 0 Å². The number of fused-ring (bicyclic) bond motifs is 1. The molecule has 15 heavy (non-hydrogen) atoms. The molecule has 6 heteroatoms. The van der Waals surface area contributed by atoms with Crippen LogP contribution in [0.25, 0.3) is 11.0 Å². The summed E-state index contributed by atoms with van der Waals surface area (Å²) in [6.07, 6.45) is 3.94. The Morgan fingerprint density at radius 3 is 3.07 bits per heavy atom. The SMILES string of the molecule is Cn1ncc2c(=O)n(CC3CC3)nnc21. The van der Waals surface area contributed by atoms with Gasteiger partial charge in [0, 0.05) is 13.6 Å². The normalized spacial score (nSPS) is 16.1. The third-order valence-electron chi connectivity index (χ3n) is 2.75. The van der Waals surface area contributed by atoms with E-state index >= 15 is 0 Å². The van der Waals surface area contributed by atoms with Crippen molar-refractivity contribution in [3.63, 3.8) is 0 Å². The zero-order valence-electron chi connectivity index (χ0n) is 8.42. The highest BCUT2D eigenvalue weighted by molar-refractivity contribution is 5.72. The third-order valence-corrected chi connectivity index (χ3v) is 2.75. The highest BCUT2D eigenvalue weighted by atomic mass is 16.1. The van der Waals surface area contributed by atoms with Gasteiger partial charge in [0.2, 0.25) is 0 Å². The molecule has 1 fully saturated rings. The molecule has 0 saturated heterocycles. The fourth-order valence-electron chi connectivity index (χ4n) is 1.64. The summed E-state index contributed by atoms with van der Waals surface area (Å²) in [6, 6.07) is 0. The van der Waals surface area contributed by atoms with Gasteiger partial charge in [0.05, 0.1) is 6.20 Å². The molecule has 0 atom stereocenters. The minimum Gasteiger partial charge on any atom is -0.267 e. The van der Waals surface area contributed by atoms with Crippen LogP contribution in [0.4, 0.5) is 0 Å². The number of hydrogen-bond acceptors (Lipinski definition) is 4. The summed E-state index contributed by atoms with van der Waals surface area (Å²) < 4.78 is 3.01. The first-order valence-corrected chi connectivity index (χ1v) is 5.01. The van der Waals surface area contributed by atoms with Crippen molar-refractivity contribution in [3.8, 4) is 0 Å². The van der Waals surface area contributed by atoms with Gasteiger partial charge in [-0.25, -0.2) is 9.36 Å². The summed E-state index contributed by atoms with van der Waals surface area (Å²) in [4.78, 5) is 11.9. The predicted molar refractivity (Wildman–Crippen MR) is 53.3 cm³/mol. The number of nitrogens with zero attached hydrogens (tertiary/aromatic N) is 5. The van der Waals surface area contributed by atoms with Crippen LogP contribution in [0, 0.1) is 5.92 Å². The average molecular weight is 205 g/mol. The van der Waals surface area contributed by atoms with Gasteiger partial charge in [-0.1, -0.05) is 5.21 Å². The highest BCUT2D eigenvalue weighted by Gasteiger charge is 2.23. The summed E-state index contributed by atoms with van der Waals surface area (Å²) in [5.74, 6) is 0.617. The first-order valence-electron chi connectivity index (χ1n) is 5.01. The van der Waals surface area contributed by atoms with E-state index < -0.39 is 0 Å². The number of rotatable bonds is 2. The second-order valence-corrected chi connectivity index (χ2v) is 4.03. The Morgan fingerprint density at radius 1 is 1.53 bits per heavy atom. The van der Waals surface area contributed by atoms with Crippen molar-refractivity contribution in [3.05, 3.63) is 16.6 Å². The largest absolute Gasteiger partial charge is 0.280 e. The molecular weight excluding hydrogens is 194 g/mol. The number of hydrogen-bond donors (Lipinski definition) is 0. The topological polar surface area (TPSA) is 65.6 Å². The van der Waals surface area contributed by atoms with E-state index in [0.29, 0.717) is 23.5 Å². The van der Waals surface area contributed by atoms with E-state index in [9.17, 15) is 4.79 Å². The fraction of sp³-hybridized carbons (Fsp3) is 0.556. The van der Waals surface area contributed by atoms with Gasteiger partial charge >= 0.3 is 0 Å². The Labute approximate surface area is 85.5 Å². The Bertz CT molecular complexity index is 565. The molecule has 0 bridgehead atoms. The molecule has 1 aliphatic rings. The lowest BCUT2D eigenvalue weighted by Crippen LogP contribution is -2.25. The monoisotopic (exact) mass is 205 g/mol. The number of aryl methyl sites for hydroxylation is 1. The van der Waals surface area contributed by atoms with Crippen LogP contribution in [0.15, 0.2) is 11.0 Å². The molecule has 1 aliphatic carbocycles. The van der Waals surface area contributed by atoms with Crippen LogP contribution in [0.5, 0.6) is 0 Å². The van der Waals surface area contributed by atoms with E-state index in [2.05, 4.69) is 15.4 Å². The molecule has 0 aromatic carbocycles. The first kappa shape index (κ1) is 8.58. The van der Waals surface area contributed by atoms with Gasteiger partial charge in [0.1, 0.15) is 5.39 Å². The van der Waals surface area contributed by atoms with Crippen molar-refractivity contribution in [2.45, 2.75) is 19.4 Å². The summed E-state index contributed by atoms with van der Waals surface area (Å²) in [5, 5.41) is 12.5. The fourth-order valence-corrected chi connectivity index (χ4v) is 1.64. The molecule has 6 nitrogen and oxygen atoms in total. The minimum atomic E-state index is -0.0833. The first-order chi connectivity index (χ1) is 7.25. The summed E-state index contributed by atoms with van der Waals surface area (Å²) in [7, 11) is 1.75. The molecule has 0 N–H and O–H groups in total. The maximum atomic E-state index is 11.9. The lowest BCUT2D eigenvalue weighted by Gasteiger charge is -2.00. The Morgan fingerprint density at radius 2 is 2.33 bits per heavy atom. The van der Waals surface area contributed by atoms with Gasteiger partial charge in [0.25, 0.3) is 5.56 Å². The van der Waals surface area contributed by atoms with E-state index in [4.69, 9.17) is 0 Å². The summed E-state index contributed by atoms with van der Waals surface area (Å²) in [5.41, 5.74) is 0.465. The molecule has 78 valence electrons. The maximum absolute atomic E-state index is 11.9. The molecule has 2 aromatic heterocycles. The lowest BCUT2D eigenvalue weighted by atomic mass is 10.4. The van der Waals surface area contributed by atoms with Crippen molar-refractivity contribution in [2.75, 3.05) is 0 Å². The molecule has 0 radical (unpaired) electrons. The van der Waals surface area contributed by atoms with Crippen molar-refractivity contribution in [2.24, 2.45) is 13.0 Å². The van der Waals surface area contributed by atoms with Crippen LogP contribution in [0.3, 0.4) is 0 Å². The summed E-state index contributed by atoms with van der Waals surface area (Å²) >= 11 is 0. The van der Waals surface area contributed by atoms with Gasteiger partial charge < -0.3 is 0 Å². The molecule has 3 rings (SSSR count). The molecule has 0 unspecified atom stereocenters. The van der Waals surface area contributed by atoms with Crippen LogP contribution in [0.2, 0.25) is 0 Å². The highest BCUT2D eigenvalue weighted by Crippen LogP contribution is 2.29. The smallest absolute Gasteiger partial charge is 0.267 e. The van der Waals surface area contributed by atoms with E-state index in [-0.39, 0.29) is 5.56 Å². The van der Waals surface area contributed by atoms with Crippen molar-refractivity contribution in [1.29, 1.82) is 0 Å². The maximum Gasteiger partial charge on any atom is 0.280 e. The van der Waals surface area contributed by atoms with Crippen LogP contribution >= 0.6 is 0 Å². The Hall–Kier alpha value is -1.72. The number of aromatic nitrogens is 5. The quantitative estimate of drug-likeness (QED) is 0.688. The van der Waals surface area contributed by atoms with Crippen LogP contribution < -0.4 is 5.56 Å². The molecule has 0 amide bonds. The van der Waals surface area contributed by atoms with Crippen LogP contribution in [-0.4, -0.2) is 24.8 Å². The van der Waals surface area contributed by atoms with Crippen molar-refractivity contribution in [1.82, 2.24) is 24.8 Å². The Balaban J connectivity index is 2.16. The molecule has 1 saturated carbocycles. The Kier molecular flexibility index (Phi) is 1.65. The summed E-state index contributed by atoms with van der Waals surface area (Å²) in [6.45, 7) is 0.691. The second-order valence-electron chi connectivity index (χ2n) is 4.03. The van der Waals surface area contributed by atoms with Crippen molar-refractivity contribution < 1.29 is 0 Å². The zero-order valence-corrected chi connectivity index (χ0v) is 8.42. The standard InChI is InChI=1S/C9H11N5O/c1-13-8-7(4-10-13)9(15)14(12-11-8)5-6-2-3-6/h4,6H,2-3,5H2,1H3. The van der Waals surface area contributed by atoms with E-state index in [1.54, 1.807) is 17.9 Å². The third kappa shape index (κ3) is 1.33. The van der Waals surface area contributed by atoms with Gasteiger partial charge in [-0.2, -0.15) is 5.10 Å². The van der Waals surface area contributed by atoms with E-state index in [1.165, 1.54) is 17.5 Å². The predicted octanol–water partition coefficient (Wildman–Crippen LogP) is -0.0650. The zero-order chi connectivity index (χ0) is 10.4. The van der Waals surface area contributed by atoms with Gasteiger partial charge in [-0.3, -0.25) is 4.79 Å². The molecular formula is C9H11N5O. The van der Waals surface area contributed by atoms with E-state index in [0.717, 1.165) is 0 Å². The van der Waals surface area contributed by atoms with Crippen molar-refractivity contribution >= 4 is 11.0 Å². The molecule has 2 aromatic rings. The minimum absolute atomic E-state index is 0.0833. The molecule has 0 spiro atoms. The van der Waals surface area contributed by atoms with Gasteiger partial charge in [0.15, 0.2) is 5.65 Å². The average Bonchev–Trinajstić information content (AvgIpc) is 2.95. The van der Waals surface area contributed by atoms with Crippen LogP contribution in [-0.2, 0) is 13.6 Å². The molecule has 2 heterocycles. The second kappa shape index (κ2) is 2.88. The lowest BCUT2D eigenvalue weighted by molar-refractivity contribution is 0.509. The van der Waals surface area contributed by atoms with Gasteiger partial charge in [-0.15, -0.1) is 5.10 Å². The molecule has 0 aliphatic heterocycles. The van der Waals surface area contributed by atoms with Gasteiger partial charge in [-0.05, 0) is 18.8 Å².